The van der Waals surface area contributed by atoms with E-state index in [1.807, 2.05) is 0 Å². The first kappa shape index (κ1) is 36.9. The number of aliphatic hydroxyl groups is 2. The van der Waals surface area contributed by atoms with Crippen LogP contribution in [-0.4, -0.2) is 99.1 Å². The zero-order valence-electron chi connectivity index (χ0n) is 23.9. The van der Waals surface area contributed by atoms with Gasteiger partial charge in [0.05, 0.1) is 25.9 Å². The summed E-state index contributed by atoms with van der Waals surface area (Å²) < 4.78 is 36.8. The molecule has 2 bridgehead atoms. The average Bonchev–Trinajstić information content (AvgIpc) is 3.73. The molecule has 4 aromatic heterocycles. The minimum Gasteiger partial charge on any atom is -0.780 e. The molecule has 10 unspecified atom stereocenters. The van der Waals surface area contributed by atoms with Crippen LogP contribution >= 0.6 is 13.4 Å². The van der Waals surface area contributed by atoms with E-state index in [4.69, 9.17) is 62.6 Å². The Morgan fingerprint density at radius 1 is 0.717 bits per heavy atom. The number of ether oxygens (including phenoxy) is 2. The first-order valence-corrected chi connectivity index (χ1v) is 17.8. The topological polar surface area (TPSA) is 281 Å². The van der Waals surface area contributed by atoms with Crippen LogP contribution in [0.3, 0.4) is 0 Å². The van der Waals surface area contributed by atoms with E-state index in [1.54, 1.807) is 0 Å². The number of nitrogens with zero attached hydrogens (tertiary/aromatic N) is 8. The quantitative estimate of drug-likeness (QED) is 0.110. The van der Waals surface area contributed by atoms with Crippen LogP contribution in [0, 0.1) is 0 Å². The van der Waals surface area contributed by atoms with Gasteiger partial charge in [0, 0.05) is 0 Å². The predicted molar refractivity (Wildman–Crippen MR) is 150 cm³/mol. The fraction of sp³-hybridized carbons (Fsp3) is 0.500. The van der Waals surface area contributed by atoms with Crippen LogP contribution in [0.5, 0.6) is 0 Å². The molecule has 10 atom stereocenters. The molecule has 6 N–H and O–H groups in total. The van der Waals surface area contributed by atoms with Crippen LogP contribution in [0.25, 0.3) is 22.3 Å². The smallest absolute Gasteiger partial charge is 0.780 e. The molecule has 3 aliphatic heterocycles. The summed E-state index contributed by atoms with van der Waals surface area (Å²) in [5.41, 5.74) is 12.7. The molecular weight excluding hydrogens is 712 g/mol. The number of rotatable bonds is 2. The maximum absolute atomic E-state index is 13.5. The van der Waals surface area contributed by atoms with Crippen molar-refractivity contribution in [2.24, 2.45) is 0 Å². The molecule has 0 amide bonds. The first-order chi connectivity index (χ1) is 20.9. The van der Waals surface area contributed by atoms with Gasteiger partial charge in [-0.1, -0.05) is 23.6 Å². The Morgan fingerprint density at radius 2 is 1.20 bits per heavy atom. The third-order valence-corrected chi connectivity index (χ3v) is 10.3. The summed E-state index contributed by atoms with van der Waals surface area (Å²) >= 11 is 10.3. The van der Waals surface area contributed by atoms with Gasteiger partial charge >= 0.3 is 59.1 Å². The van der Waals surface area contributed by atoms with Gasteiger partial charge in [0.25, 0.3) is 0 Å². The molecule has 0 spiro atoms. The summed E-state index contributed by atoms with van der Waals surface area (Å²) in [4.78, 5) is 51.2. The molecule has 0 aromatic carbocycles. The third kappa shape index (κ3) is 6.83. The molecule has 3 aliphatic rings. The summed E-state index contributed by atoms with van der Waals surface area (Å²) in [7, 11) is 0. The Balaban J connectivity index is 0.00000208. The number of aromatic nitrogens is 8. The Labute approximate surface area is 313 Å². The Hall–Kier alpha value is -0.400. The number of hydrogen-bond acceptors (Lipinski definition) is 20. The second-order valence-corrected chi connectivity index (χ2v) is 15.3. The molecule has 46 heavy (non-hydrogen) atoms. The molecule has 3 saturated heterocycles. The zero-order chi connectivity index (χ0) is 31.0. The summed E-state index contributed by atoms with van der Waals surface area (Å²) in [6, 6.07) is 0. The predicted octanol–water partition coefficient (Wildman–Crippen LogP) is -8.66. The summed E-state index contributed by atoms with van der Waals surface area (Å²) in [5.74, 6) is 0.174. The number of nitrogen functional groups attached to an aromatic ring is 2. The number of anilines is 2. The molecule has 3 fully saturated rings. The number of aliphatic hydroxyl groups excluding tert-OH is 2. The Kier molecular flexibility index (Phi) is 11.3. The standard InChI is InChI=1S/C20H24N10O10P2S2.2Na/c21-15-9-17(25-3-23-15)29(5-27-9)19-12(32)13-8(38-19)2-36-42(34,44)40-14-11(31)7(1-35-41(33,43)39-13)37-20(14)30-6-28-10-16(22)24-4-26-18(10)30;;/h3-8,11-14,19-20,31-32H,1-2H2,(H,33,43)(H,34,44)(H2,21,23,25)(H2,22,24,26);;/q;2*+1/p-2. The van der Waals surface area contributed by atoms with Crippen LogP contribution in [-0.2, 0) is 51.2 Å². The van der Waals surface area contributed by atoms with Crippen molar-refractivity contribution in [1.82, 2.24) is 39.0 Å². The first-order valence-electron chi connectivity index (χ1n) is 12.7. The van der Waals surface area contributed by atoms with Crippen LogP contribution < -0.4 is 80.4 Å². The van der Waals surface area contributed by atoms with Gasteiger partial charge in [-0.05, 0) is 0 Å². The van der Waals surface area contributed by atoms with Gasteiger partial charge < -0.3 is 59.0 Å². The van der Waals surface area contributed by atoms with Gasteiger partial charge in [-0.3, -0.25) is 9.13 Å². The SMILES string of the molecule is Nc1ncnc2c1ncn2C1OC2COP([O-])(=S)OC3C(O)C(COP([O-])(=S)OC2C1O)OC3n1cnc2c(N)ncnc21.[Na+].[Na+]. The molecule has 236 valence electrons. The molecule has 0 radical (unpaired) electrons. The average molecular weight is 735 g/mol. The van der Waals surface area contributed by atoms with Crippen LogP contribution in [0.2, 0.25) is 0 Å². The van der Waals surface area contributed by atoms with Gasteiger partial charge in [0.2, 0.25) is 0 Å². The van der Waals surface area contributed by atoms with E-state index >= 15 is 0 Å². The largest absolute Gasteiger partial charge is 1.00 e. The summed E-state index contributed by atoms with van der Waals surface area (Å²) in [5, 5.41) is 22.3. The molecule has 20 nitrogen and oxygen atoms in total. The van der Waals surface area contributed by atoms with Crippen molar-refractivity contribution in [3.63, 3.8) is 0 Å². The Morgan fingerprint density at radius 3 is 1.76 bits per heavy atom. The monoisotopic (exact) mass is 734 g/mol. The number of hydrogen-bond donors (Lipinski definition) is 4. The minimum absolute atomic E-state index is 0. The fourth-order valence-electron chi connectivity index (χ4n) is 5.21. The summed E-state index contributed by atoms with van der Waals surface area (Å²) in [6.07, 6.45) is -5.87. The molecule has 0 saturated carbocycles. The second kappa shape index (κ2) is 14.1. The van der Waals surface area contributed by atoms with Crippen LogP contribution in [0.15, 0.2) is 25.3 Å². The van der Waals surface area contributed by atoms with E-state index in [0.717, 1.165) is 0 Å². The van der Waals surface area contributed by atoms with Crippen molar-refractivity contribution in [2.75, 3.05) is 24.7 Å². The maximum Gasteiger partial charge on any atom is 1.00 e. The van der Waals surface area contributed by atoms with Crippen molar-refractivity contribution in [2.45, 2.75) is 49.1 Å². The second-order valence-electron chi connectivity index (χ2n) is 9.90. The number of imidazole rings is 2. The van der Waals surface area contributed by atoms with Crippen LogP contribution in [0.1, 0.15) is 12.5 Å². The van der Waals surface area contributed by atoms with E-state index in [-0.39, 0.29) is 93.1 Å². The van der Waals surface area contributed by atoms with E-state index in [2.05, 4.69) is 29.9 Å². The molecule has 7 rings (SSSR count). The van der Waals surface area contributed by atoms with E-state index in [1.165, 1.54) is 34.4 Å². The molecule has 0 aliphatic carbocycles. The maximum atomic E-state index is 13.5. The van der Waals surface area contributed by atoms with Gasteiger partial charge in [-0.25, -0.2) is 29.9 Å². The molecule has 26 heteroatoms. The molecular formula is C20H22N10Na2O10P2S2. The van der Waals surface area contributed by atoms with Crippen molar-refractivity contribution in [3.8, 4) is 0 Å². The van der Waals surface area contributed by atoms with Crippen molar-refractivity contribution in [3.05, 3.63) is 25.3 Å². The third-order valence-electron chi connectivity index (χ3n) is 7.24. The van der Waals surface area contributed by atoms with E-state index in [9.17, 15) is 20.0 Å². The van der Waals surface area contributed by atoms with Gasteiger partial charge in [-0.15, -0.1) is 0 Å². The normalized spacial score (nSPS) is 36.6. The van der Waals surface area contributed by atoms with Crippen molar-refractivity contribution < 1.29 is 107 Å². The molecule has 4 aromatic rings. The van der Waals surface area contributed by atoms with Crippen molar-refractivity contribution in [1.29, 1.82) is 0 Å². The Bertz CT molecular complexity index is 1840. The fourth-order valence-corrected chi connectivity index (χ4v) is 8.04. The minimum atomic E-state index is -4.43. The summed E-state index contributed by atoms with van der Waals surface area (Å²) in [6.45, 7) is -9.98. The van der Waals surface area contributed by atoms with Crippen molar-refractivity contribution >= 4 is 71.0 Å². The van der Waals surface area contributed by atoms with Gasteiger partial charge in [0.1, 0.15) is 73.7 Å². The van der Waals surface area contributed by atoms with Gasteiger partial charge in [-0.2, -0.15) is 0 Å². The van der Waals surface area contributed by atoms with E-state index < -0.39 is 75.7 Å². The van der Waals surface area contributed by atoms with E-state index in [0.29, 0.717) is 0 Å². The molecule has 7 heterocycles. The number of nitrogens with two attached hydrogens (primary N) is 2. The number of fused-ring (bicyclic) bond motifs is 5. The van der Waals surface area contributed by atoms with Crippen LogP contribution in [0.4, 0.5) is 11.6 Å². The van der Waals surface area contributed by atoms with Gasteiger partial charge in [0.15, 0.2) is 35.4 Å². The zero-order valence-corrected chi connectivity index (χ0v) is 31.4.